The molecule has 0 spiro atoms. The standard InChI is InChI=1S/C20H20N4/c1-3-14-4-2-8-22-20(14)18(5-1)19-7-6-17(11-23-19)24-12-15-9-21-10-16(15)13-24/h1-8,11,15-16,21H,9-10,12-13H2. The van der Waals surface area contributed by atoms with Crippen molar-refractivity contribution in [1.82, 2.24) is 15.3 Å². The molecule has 3 aromatic rings. The van der Waals surface area contributed by atoms with Crippen LogP contribution in [0, 0.1) is 11.8 Å². The number of nitrogens with one attached hydrogen (secondary N) is 1. The van der Waals surface area contributed by atoms with Crippen LogP contribution in [0.5, 0.6) is 0 Å². The van der Waals surface area contributed by atoms with Gasteiger partial charge in [0.15, 0.2) is 0 Å². The Kier molecular flexibility index (Phi) is 3.23. The molecule has 2 atom stereocenters. The Morgan fingerprint density at radius 1 is 0.917 bits per heavy atom. The van der Waals surface area contributed by atoms with Gasteiger partial charge in [-0.3, -0.25) is 9.97 Å². The number of pyridine rings is 2. The minimum Gasteiger partial charge on any atom is -0.370 e. The van der Waals surface area contributed by atoms with Crippen molar-refractivity contribution in [2.24, 2.45) is 11.8 Å². The van der Waals surface area contributed by atoms with Crippen molar-refractivity contribution in [1.29, 1.82) is 0 Å². The second-order valence-electron chi connectivity index (χ2n) is 6.87. The van der Waals surface area contributed by atoms with Gasteiger partial charge in [-0.15, -0.1) is 0 Å². The molecule has 0 aliphatic carbocycles. The van der Waals surface area contributed by atoms with Crippen molar-refractivity contribution in [3.63, 3.8) is 0 Å². The van der Waals surface area contributed by atoms with E-state index >= 15 is 0 Å². The summed E-state index contributed by atoms with van der Waals surface area (Å²) < 4.78 is 0. The minimum absolute atomic E-state index is 0.798. The quantitative estimate of drug-likeness (QED) is 0.789. The average Bonchev–Trinajstić information content (AvgIpc) is 3.23. The number of rotatable bonds is 2. The van der Waals surface area contributed by atoms with Crippen molar-refractivity contribution < 1.29 is 0 Å². The summed E-state index contributed by atoms with van der Waals surface area (Å²) >= 11 is 0. The molecule has 4 heterocycles. The van der Waals surface area contributed by atoms with Crippen LogP contribution >= 0.6 is 0 Å². The van der Waals surface area contributed by atoms with E-state index in [9.17, 15) is 0 Å². The average molecular weight is 316 g/mol. The Balaban J connectivity index is 1.46. The first-order valence-electron chi connectivity index (χ1n) is 8.64. The van der Waals surface area contributed by atoms with E-state index in [2.05, 4.69) is 51.6 Å². The molecular formula is C20H20N4. The molecule has 2 aliphatic rings. The summed E-state index contributed by atoms with van der Waals surface area (Å²) in [6, 6.07) is 14.7. The monoisotopic (exact) mass is 316 g/mol. The predicted octanol–water partition coefficient (Wildman–Crippen LogP) is 2.95. The molecule has 4 heteroatoms. The van der Waals surface area contributed by atoms with Crippen LogP contribution in [0.1, 0.15) is 0 Å². The lowest BCUT2D eigenvalue weighted by Crippen LogP contribution is -2.25. The van der Waals surface area contributed by atoms with Gasteiger partial charge in [0.1, 0.15) is 0 Å². The van der Waals surface area contributed by atoms with Crippen LogP contribution in [0.3, 0.4) is 0 Å². The van der Waals surface area contributed by atoms with Crippen LogP contribution in [0.2, 0.25) is 0 Å². The molecular weight excluding hydrogens is 296 g/mol. The van der Waals surface area contributed by atoms with Crippen LogP contribution < -0.4 is 10.2 Å². The van der Waals surface area contributed by atoms with Gasteiger partial charge in [0.25, 0.3) is 0 Å². The number of fused-ring (bicyclic) bond motifs is 2. The fourth-order valence-corrected chi connectivity index (χ4v) is 4.11. The second-order valence-corrected chi connectivity index (χ2v) is 6.87. The molecule has 24 heavy (non-hydrogen) atoms. The zero-order chi connectivity index (χ0) is 15.9. The summed E-state index contributed by atoms with van der Waals surface area (Å²) in [5, 5.41) is 4.65. The molecule has 2 unspecified atom stereocenters. The molecule has 0 saturated carbocycles. The van der Waals surface area contributed by atoms with Gasteiger partial charge in [-0.05, 0) is 30.0 Å². The lowest BCUT2D eigenvalue weighted by atomic mass is 10.0. The number of anilines is 1. The fourth-order valence-electron chi connectivity index (χ4n) is 4.11. The highest BCUT2D eigenvalue weighted by Gasteiger charge is 2.36. The third kappa shape index (κ3) is 2.26. The van der Waals surface area contributed by atoms with E-state index in [1.807, 2.05) is 18.5 Å². The topological polar surface area (TPSA) is 41.1 Å². The molecule has 0 amide bonds. The van der Waals surface area contributed by atoms with Gasteiger partial charge >= 0.3 is 0 Å². The number of aromatic nitrogens is 2. The molecule has 0 radical (unpaired) electrons. The first-order valence-corrected chi connectivity index (χ1v) is 8.64. The summed E-state index contributed by atoms with van der Waals surface area (Å²) in [5.41, 5.74) is 4.34. The molecule has 2 aliphatic heterocycles. The number of hydrogen-bond acceptors (Lipinski definition) is 4. The Morgan fingerprint density at radius 2 is 1.75 bits per heavy atom. The SMILES string of the molecule is c1cnc2c(-c3ccc(N4CC5CNCC5C4)cn3)cccc2c1. The van der Waals surface area contributed by atoms with Crippen molar-refractivity contribution >= 4 is 16.6 Å². The maximum atomic E-state index is 4.74. The molecule has 2 saturated heterocycles. The molecule has 1 aromatic carbocycles. The summed E-state index contributed by atoms with van der Waals surface area (Å²) in [6.07, 6.45) is 3.86. The van der Waals surface area contributed by atoms with Crippen molar-refractivity contribution in [3.05, 3.63) is 54.9 Å². The van der Waals surface area contributed by atoms with E-state index in [0.29, 0.717) is 0 Å². The van der Waals surface area contributed by atoms with Crippen LogP contribution in [0.4, 0.5) is 5.69 Å². The number of hydrogen-bond donors (Lipinski definition) is 1. The number of benzene rings is 1. The van der Waals surface area contributed by atoms with Crippen LogP contribution in [-0.2, 0) is 0 Å². The van der Waals surface area contributed by atoms with Gasteiger partial charge in [-0.25, -0.2) is 0 Å². The summed E-state index contributed by atoms with van der Waals surface area (Å²) in [7, 11) is 0. The lowest BCUT2D eigenvalue weighted by Gasteiger charge is -2.19. The van der Waals surface area contributed by atoms with Crippen LogP contribution in [-0.4, -0.2) is 36.1 Å². The highest BCUT2D eigenvalue weighted by molar-refractivity contribution is 5.92. The van der Waals surface area contributed by atoms with E-state index in [-0.39, 0.29) is 0 Å². The Hall–Kier alpha value is -2.46. The van der Waals surface area contributed by atoms with Crippen molar-refractivity contribution in [3.8, 4) is 11.3 Å². The molecule has 2 aromatic heterocycles. The summed E-state index contributed by atoms with van der Waals surface area (Å²) in [6.45, 7) is 4.62. The predicted molar refractivity (Wildman–Crippen MR) is 97.0 cm³/mol. The van der Waals surface area contributed by atoms with E-state index in [1.165, 1.54) is 5.69 Å². The molecule has 5 rings (SSSR count). The molecule has 1 N–H and O–H groups in total. The summed E-state index contributed by atoms with van der Waals surface area (Å²) in [4.78, 5) is 11.8. The first kappa shape index (κ1) is 13.9. The zero-order valence-corrected chi connectivity index (χ0v) is 13.5. The molecule has 0 bridgehead atoms. The van der Waals surface area contributed by atoms with Gasteiger partial charge in [0.2, 0.25) is 0 Å². The third-order valence-corrected chi connectivity index (χ3v) is 5.41. The number of para-hydroxylation sites is 1. The highest BCUT2D eigenvalue weighted by atomic mass is 15.2. The van der Waals surface area contributed by atoms with E-state index in [1.54, 1.807) is 0 Å². The molecule has 4 nitrogen and oxygen atoms in total. The van der Waals surface area contributed by atoms with Gasteiger partial charge in [-0.2, -0.15) is 0 Å². The first-order chi connectivity index (χ1) is 11.9. The van der Waals surface area contributed by atoms with Crippen molar-refractivity contribution in [2.75, 3.05) is 31.1 Å². The lowest BCUT2D eigenvalue weighted by molar-refractivity contribution is 0.533. The van der Waals surface area contributed by atoms with E-state index in [4.69, 9.17) is 4.98 Å². The molecule has 2 fully saturated rings. The largest absolute Gasteiger partial charge is 0.370 e. The third-order valence-electron chi connectivity index (χ3n) is 5.41. The normalized spacial score (nSPS) is 22.9. The highest BCUT2D eigenvalue weighted by Crippen LogP contribution is 2.31. The maximum absolute atomic E-state index is 4.74. The van der Waals surface area contributed by atoms with Crippen LogP contribution in [0.15, 0.2) is 54.9 Å². The maximum Gasteiger partial charge on any atom is 0.0795 e. The minimum atomic E-state index is 0.798. The van der Waals surface area contributed by atoms with Gasteiger partial charge in [0.05, 0.1) is 23.1 Å². The van der Waals surface area contributed by atoms with Crippen LogP contribution in [0.25, 0.3) is 22.2 Å². The molecule has 120 valence electrons. The second kappa shape index (κ2) is 5.56. The van der Waals surface area contributed by atoms with Gasteiger partial charge < -0.3 is 10.2 Å². The fraction of sp³-hybridized carbons (Fsp3) is 0.300. The Morgan fingerprint density at radius 3 is 2.54 bits per heavy atom. The van der Waals surface area contributed by atoms with E-state index in [0.717, 1.165) is 60.2 Å². The smallest absolute Gasteiger partial charge is 0.0795 e. The van der Waals surface area contributed by atoms with Crippen molar-refractivity contribution in [2.45, 2.75) is 0 Å². The Labute approximate surface area is 141 Å². The van der Waals surface area contributed by atoms with E-state index < -0.39 is 0 Å². The van der Waals surface area contributed by atoms with Gasteiger partial charge in [0, 0.05) is 43.3 Å². The number of nitrogens with zero attached hydrogens (tertiary/aromatic N) is 3. The Bertz CT molecular complexity index is 857. The summed E-state index contributed by atoms with van der Waals surface area (Å²) in [5.74, 6) is 1.60. The zero-order valence-electron chi connectivity index (χ0n) is 13.5. The van der Waals surface area contributed by atoms with Gasteiger partial charge in [-0.1, -0.05) is 24.3 Å².